The van der Waals surface area contributed by atoms with Gasteiger partial charge < -0.3 is 14.9 Å². The van der Waals surface area contributed by atoms with E-state index in [1.54, 1.807) is 6.07 Å². The number of benzene rings is 1. The predicted molar refractivity (Wildman–Crippen MR) is 55.5 cm³/mol. The minimum Gasteiger partial charge on any atom is -0.516 e. The van der Waals surface area contributed by atoms with Crippen molar-refractivity contribution in [3.05, 3.63) is 47.7 Å². The lowest BCUT2D eigenvalue weighted by Crippen LogP contribution is -2.11. The lowest BCUT2D eigenvalue weighted by molar-refractivity contribution is 0.0535. The first-order chi connectivity index (χ1) is 7.66. The number of aromatic carboxylic acids is 1. The van der Waals surface area contributed by atoms with Crippen LogP contribution in [0.15, 0.2) is 36.6 Å². The van der Waals surface area contributed by atoms with Gasteiger partial charge in [0.05, 0.1) is 17.4 Å². The summed E-state index contributed by atoms with van der Waals surface area (Å²) in [5.41, 5.74) is -0.123. The first kappa shape index (κ1) is 11.8. The Kier molecular flexibility index (Phi) is 4.08. The molecule has 1 aromatic rings. The van der Waals surface area contributed by atoms with E-state index in [4.69, 9.17) is 14.9 Å². The minimum atomic E-state index is -1.19. The Morgan fingerprint density at radius 2 is 1.88 bits per heavy atom. The van der Waals surface area contributed by atoms with E-state index in [9.17, 15) is 9.59 Å². The van der Waals surface area contributed by atoms with Crippen molar-refractivity contribution in [2.24, 2.45) is 0 Å². The average Bonchev–Trinajstić information content (AvgIpc) is 2.29. The van der Waals surface area contributed by atoms with E-state index >= 15 is 0 Å². The third-order valence-corrected chi connectivity index (χ3v) is 1.79. The SMILES string of the molecule is O=C(O)c1ccccc1C(=O)OCC=CO. The van der Waals surface area contributed by atoms with Crippen LogP contribution < -0.4 is 0 Å². The van der Waals surface area contributed by atoms with Gasteiger partial charge in [0.1, 0.15) is 6.61 Å². The Balaban J connectivity index is 2.86. The molecule has 5 nitrogen and oxygen atoms in total. The first-order valence-corrected chi connectivity index (χ1v) is 4.45. The number of aliphatic hydroxyl groups excluding tert-OH is 1. The van der Waals surface area contributed by atoms with E-state index in [2.05, 4.69) is 0 Å². The van der Waals surface area contributed by atoms with Crippen molar-refractivity contribution in [3.8, 4) is 0 Å². The molecule has 2 N–H and O–H groups in total. The van der Waals surface area contributed by atoms with Crippen molar-refractivity contribution >= 4 is 11.9 Å². The first-order valence-electron chi connectivity index (χ1n) is 4.45. The molecule has 84 valence electrons. The second-order valence-corrected chi connectivity index (χ2v) is 2.83. The van der Waals surface area contributed by atoms with Crippen molar-refractivity contribution in [2.75, 3.05) is 6.61 Å². The number of hydrogen-bond donors (Lipinski definition) is 2. The van der Waals surface area contributed by atoms with Gasteiger partial charge in [0.15, 0.2) is 0 Å². The van der Waals surface area contributed by atoms with E-state index in [0.29, 0.717) is 0 Å². The fourth-order valence-corrected chi connectivity index (χ4v) is 1.09. The predicted octanol–water partition coefficient (Wildman–Crippen LogP) is 1.61. The summed E-state index contributed by atoms with van der Waals surface area (Å²) in [5.74, 6) is -1.93. The number of carboxylic acid groups (broad SMARTS) is 1. The number of rotatable bonds is 4. The molecule has 0 aliphatic carbocycles. The van der Waals surface area contributed by atoms with E-state index < -0.39 is 11.9 Å². The molecular weight excluding hydrogens is 212 g/mol. The lowest BCUT2D eigenvalue weighted by atomic mass is 10.1. The molecule has 0 unspecified atom stereocenters. The van der Waals surface area contributed by atoms with E-state index in [1.165, 1.54) is 24.3 Å². The van der Waals surface area contributed by atoms with Gasteiger partial charge in [-0.15, -0.1) is 0 Å². The molecule has 5 heteroatoms. The Morgan fingerprint density at radius 3 is 2.44 bits per heavy atom. The number of carboxylic acids is 1. The molecule has 0 saturated heterocycles. The average molecular weight is 222 g/mol. The minimum absolute atomic E-state index is 0.0126. The summed E-state index contributed by atoms with van der Waals surface area (Å²) in [6.07, 6.45) is 1.97. The molecule has 0 aliphatic heterocycles. The molecule has 0 aliphatic rings. The summed E-state index contributed by atoms with van der Waals surface area (Å²) in [7, 11) is 0. The Morgan fingerprint density at radius 1 is 1.25 bits per heavy atom. The molecular formula is C11H10O5. The molecule has 0 bridgehead atoms. The highest BCUT2D eigenvalue weighted by Crippen LogP contribution is 2.10. The maximum atomic E-state index is 11.4. The molecule has 0 radical (unpaired) electrons. The fourth-order valence-electron chi connectivity index (χ4n) is 1.09. The smallest absolute Gasteiger partial charge is 0.339 e. The zero-order valence-electron chi connectivity index (χ0n) is 8.29. The number of hydrogen-bond acceptors (Lipinski definition) is 4. The van der Waals surface area contributed by atoms with E-state index in [1.807, 2.05) is 0 Å². The van der Waals surface area contributed by atoms with Gasteiger partial charge in [0.2, 0.25) is 0 Å². The molecule has 0 aromatic heterocycles. The zero-order valence-corrected chi connectivity index (χ0v) is 8.29. The van der Waals surface area contributed by atoms with Gasteiger partial charge in [0.25, 0.3) is 0 Å². The van der Waals surface area contributed by atoms with Crippen molar-refractivity contribution in [1.82, 2.24) is 0 Å². The molecule has 16 heavy (non-hydrogen) atoms. The molecule has 0 spiro atoms. The van der Waals surface area contributed by atoms with Gasteiger partial charge in [-0.2, -0.15) is 0 Å². The van der Waals surface area contributed by atoms with Gasteiger partial charge in [0, 0.05) is 0 Å². The van der Waals surface area contributed by atoms with Gasteiger partial charge in [-0.05, 0) is 18.2 Å². The second kappa shape index (κ2) is 5.55. The van der Waals surface area contributed by atoms with E-state index in [0.717, 1.165) is 6.26 Å². The van der Waals surface area contributed by atoms with Crippen LogP contribution in [0.2, 0.25) is 0 Å². The van der Waals surface area contributed by atoms with Crippen LogP contribution in [0.1, 0.15) is 20.7 Å². The summed E-state index contributed by atoms with van der Waals surface area (Å²) in [5, 5.41) is 17.2. The maximum absolute atomic E-state index is 11.4. The monoisotopic (exact) mass is 222 g/mol. The number of carbonyl (C=O) groups excluding carboxylic acids is 1. The van der Waals surface area contributed by atoms with Crippen molar-refractivity contribution in [2.45, 2.75) is 0 Å². The van der Waals surface area contributed by atoms with Crippen LogP contribution in [0.4, 0.5) is 0 Å². The Labute approximate surface area is 91.6 Å². The number of aliphatic hydroxyl groups is 1. The summed E-state index contributed by atoms with van der Waals surface area (Å²) in [6, 6.07) is 5.76. The molecule has 1 rings (SSSR count). The highest BCUT2D eigenvalue weighted by molar-refractivity contribution is 6.02. The second-order valence-electron chi connectivity index (χ2n) is 2.83. The van der Waals surface area contributed by atoms with Crippen LogP contribution in [0, 0.1) is 0 Å². The Hall–Kier alpha value is -2.30. The van der Waals surface area contributed by atoms with Crippen LogP contribution in [0.3, 0.4) is 0 Å². The van der Waals surface area contributed by atoms with Gasteiger partial charge in [-0.1, -0.05) is 12.1 Å². The van der Waals surface area contributed by atoms with Crippen molar-refractivity contribution < 1.29 is 24.5 Å². The zero-order chi connectivity index (χ0) is 12.0. The quantitative estimate of drug-likeness (QED) is 0.597. The van der Waals surface area contributed by atoms with Crippen molar-refractivity contribution in [3.63, 3.8) is 0 Å². The van der Waals surface area contributed by atoms with Crippen LogP contribution in [0.5, 0.6) is 0 Å². The highest BCUT2D eigenvalue weighted by Gasteiger charge is 2.16. The van der Waals surface area contributed by atoms with Gasteiger partial charge in [-0.25, -0.2) is 9.59 Å². The molecule has 1 aromatic carbocycles. The topological polar surface area (TPSA) is 83.8 Å². The number of carbonyl (C=O) groups is 2. The maximum Gasteiger partial charge on any atom is 0.339 e. The molecule has 0 amide bonds. The van der Waals surface area contributed by atoms with Crippen LogP contribution in [-0.2, 0) is 4.74 Å². The standard InChI is InChI=1S/C11H10O5/c12-6-3-7-16-11(15)9-5-2-1-4-8(9)10(13)14/h1-6,12H,7H2,(H,13,14). The third-order valence-electron chi connectivity index (χ3n) is 1.79. The number of esters is 1. The van der Waals surface area contributed by atoms with Gasteiger partial charge in [-0.3, -0.25) is 0 Å². The summed E-state index contributed by atoms with van der Waals surface area (Å²) < 4.78 is 4.71. The summed E-state index contributed by atoms with van der Waals surface area (Å²) in [6.45, 7) is -0.108. The van der Waals surface area contributed by atoms with Gasteiger partial charge >= 0.3 is 11.9 Å². The van der Waals surface area contributed by atoms with Crippen LogP contribution >= 0.6 is 0 Å². The molecule has 0 atom stereocenters. The van der Waals surface area contributed by atoms with Crippen LogP contribution in [-0.4, -0.2) is 28.8 Å². The molecule has 0 heterocycles. The number of ether oxygens (including phenoxy) is 1. The summed E-state index contributed by atoms with van der Waals surface area (Å²) >= 11 is 0. The largest absolute Gasteiger partial charge is 0.516 e. The molecule has 0 saturated carbocycles. The van der Waals surface area contributed by atoms with E-state index in [-0.39, 0.29) is 17.7 Å². The highest BCUT2D eigenvalue weighted by atomic mass is 16.5. The lowest BCUT2D eigenvalue weighted by Gasteiger charge is -2.04. The Bertz CT molecular complexity index is 422. The normalized spacial score (nSPS) is 10.2. The summed E-state index contributed by atoms with van der Waals surface area (Å²) in [4.78, 5) is 22.2. The van der Waals surface area contributed by atoms with Crippen LogP contribution in [0.25, 0.3) is 0 Å². The molecule has 0 fully saturated rings. The van der Waals surface area contributed by atoms with Crippen molar-refractivity contribution in [1.29, 1.82) is 0 Å². The third kappa shape index (κ3) is 2.84. The fraction of sp³-hybridized carbons (Fsp3) is 0.0909.